The van der Waals surface area contributed by atoms with Gasteiger partial charge in [-0.15, -0.1) is 0 Å². The van der Waals surface area contributed by atoms with Gasteiger partial charge in [0.1, 0.15) is 6.54 Å². The summed E-state index contributed by atoms with van der Waals surface area (Å²) in [5.74, 6) is -1.04. The van der Waals surface area contributed by atoms with E-state index < -0.39 is 15.9 Å². The predicted octanol–water partition coefficient (Wildman–Crippen LogP) is -2.66. The van der Waals surface area contributed by atoms with Crippen LogP contribution in [0.5, 0.6) is 0 Å². The standard InChI is InChI=1S/C4H10N4O3S/c1-12(10,11)8-4(6)7-2-3(5)9/h2H2,1H3,(H2,5,9)(H3,6,7,8). The summed E-state index contributed by atoms with van der Waals surface area (Å²) in [6.45, 7) is -0.339. The van der Waals surface area contributed by atoms with Crippen molar-refractivity contribution in [2.45, 2.75) is 0 Å². The number of guanidine groups is 1. The summed E-state index contributed by atoms with van der Waals surface area (Å²) in [7, 11) is -3.43. The van der Waals surface area contributed by atoms with E-state index in [9.17, 15) is 13.2 Å². The van der Waals surface area contributed by atoms with E-state index >= 15 is 0 Å². The van der Waals surface area contributed by atoms with Crippen LogP contribution in [0.4, 0.5) is 0 Å². The van der Waals surface area contributed by atoms with Crippen LogP contribution in [0, 0.1) is 0 Å². The minimum atomic E-state index is -3.43. The van der Waals surface area contributed by atoms with Gasteiger partial charge in [-0.1, -0.05) is 0 Å². The number of nitrogens with two attached hydrogens (primary N) is 2. The summed E-state index contributed by atoms with van der Waals surface area (Å²) >= 11 is 0. The molecule has 0 bridgehead atoms. The maximum atomic E-state index is 10.5. The maximum Gasteiger partial charge on any atom is 0.239 e. The number of hydrogen-bond acceptors (Lipinski definition) is 4. The molecule has 0 heterocycles. The molecule has 0 spiro atoms. The summed E-state index contributed by atoms with van der Waals surface area (Å²) in [5.41, 5.74) is 9.79. The van der Waals surface area contributed by atoms with Crippen molar-refractivity contribution >= 4 is 21.9 Å². The zero-order chi connectivity index (χ0) is 9.78. The van der Waals surface area contributed by atoms with Crippen LogP contribution in [0.2, 0.25) is 0 Å². The Balaban J connectivity index is 4.13. The third kappa shape index (κ3) is 6.81. The molecule has 8 heteroatoms. The summed E-state index contributed by atoms with van der Waals surface area (Å²) in [6, 6.07) is 0. The molecule has 0 aliphatic heterocycles. The molecule has 12 heavy (non-hydrogen) atoms. The van der Waals surface area contributed by atoms with Crippen LogP contribution in [0.1, 0.15) is 0 Å². The fourth-order valence-corrected chi connectivity index (χ4v) is 0.830. The van der Waals surface area contributed by atoms with Gasteiger partial charge in [-0.05, 0) is 0 Å². The number of hydrogen-bond donors (Lipinski definition) is 3. The Morgan fingerprint density at radius 3 is 2.33 bits per heavy atom. The molecule has 0 atom stereocenters. The minimum Gasteiger partial charge on any atom is -0.369 e. The molecular weight excluding hydrogens is 184 g/mol. The van der Waals surface area contributed by atoms with Crippen molar-refractivity contribution in [2.24, 2.45) is 16.5 Å². The van der Waals surface area contributed by atoms with E-state index in [1.165, 1.54) is 0 Å². The third-order valence-electron chi connectivity index (χ3n) is 0.695. The van der Waals surface area contributed by atoms with Gasteiger partial charge in [0.05, 0.1) is 6.26 Å². The number of carbonyl (C=O) groups is 1. The number of carbonyl (C=O) groups excluding carboxylic acids is 1. The van der Waals surface area contributed by atoms with Gasteiger partial charge in [0.15, 0.2) is 0 Å². The monoisotopic (exact) mass is 194 g/mol. The van der Waals surface area contributed by atoms with Crippen molar-refractivity contribution in [3.8, 4) is 0 Å². The van der Waals surface area contributed by atoms with Crippen molar-refractivity contribution in [3.63, 3.8) is 0 Å². The highest BCUT2D eigenvalue weighted by molar-refractivity contribution is 7.89. The maximum absolute atomic E-state index is 10.5. The fourth-order valence-electron chi connectivity index (χ4n) is 0.385. The molecule has 0 aromatic rings. The molecule has 7 nitrogen and oxygen atoms in total. The lowest BCUT2D eigenvalue weighted by Gasteiger charge is -2.00. The second-order valence-corrected chi connectivity index (χ2v) is 3.79. The second-order valence-electron chi connectivity index (χ2n) is 2.04. The van der Waals surface area contributed by atoms with Gasteiger partial charge in [0.2, 0.25) is 21.9 Å². The van der Waals surface area contributed by atoms with Crippen molar-refractivity contribution in [1.29, 1.82) is 0 Å². The molecule has 0 unspecified atom stereocenters. The minimum absolute atomic E-state index is 0.339. The Hall–Kier alpha value is -1.31. The first kappa shape index (κ1) is 10.7. The van der Waals surface area contributed by atoms with Crippen LogP contribution in [0.25, 0.3) is 0 Å². The van der Waals surface area contributed by atoms with Gasteiger partial charge in [0.25, 0.3) is 0 Å². The van der Waals surface area contributed by atoms with Crippen LogP contribution in [0.15, 0.2) is 4.99 Å². The molecule has 0 fully saturated rings. The first-order valence-corrected chi connectivity index (χ1v) is 4.76. The topological polar surface area (TPSA) is 128 Å². The van der Waals surface area contributed by atoms with E-state index in [2.05, 4.69) is 4.99 Å². The first-order chi connectivity index (χ1) is 5.31. The molecule has 0 saturated carbocycles. The van der Waals surface area contributed by atoms with Crippen LogP contribution >= 0.6 is 0 Å². The lowest BCUT2D eigenvalue weighted by molar-refractivity contribution is -0.116. The van der Waals surface area contributed by atoms with Crippen molar-refractivity contribution in [1.82, 2.24) is 4.72 Å². The largest absolute Gasteiger partial charge is 0.369 e. The van der Waals surface area contributed by atoms with E-state index in [-0.39, 0.29) is 12.5 Å². The normalized spacial score (nSPS) is 12.6. The first-order valence-electron chi connectivity index (χ1n) is 2.87. The van der Waals surface area contributed by atoms with Crippen LogP contribution in [-0.4, -0.2) is 33.1 Å². The van der Waals surface area contributed by atoms with Crippen LogP contribution in [-0.2, 0) is 14.8 Å². The van der Waals surface area contributed by atoms with E-state index in [4.69, 9.17) is 11.5 Å². The van der Waals surface area contributed by atoms with Gasteiger partial charge in [-0.3, -0.25) is 9.52 Å². The number of amides is 1. The molecular formula is C4H10N4O3S. The van der Waals surface area contributed by atoms with Crippen molar-refractivity contribution in [2.75, 3.05) is 12.8 Å². The molecule has 0 aromatic carbocycles. The number of aliphatic imine (C=N–C) groups is 1. The summed E-state index contributed by atoms with van der Waals surface area (Å²) < 4.78 is 22.9. The van der Waals surface area contributed by atoms with Crippen LogP contribution in [0.3, 0.4) is 0 Å². The summed E-state index contributed by atoms with van der Waals surface area (Å²) in [4.78, 5) is 13.5. The molecule has 0 aliphatic carbocycles. The summed E-state index contributed by atoms with van der Waals surface area (Å²) in [5, 5.41) is 0. The molecule has 5 N–H and O–H groups in total. The SMILES string of the molecule is CS(=O)(=O)NC(N)=NCC(N)=O. The molecule has 0 saturated heterocycles. The van der Waals surface area contributed by atoms with E-state index in [0.717, 1.165) is 6.26 Å². The Morgan fingerprint density at radius 1 is 1.50 bits per heavy atom. The van der Waals surface area contributed by atoms with E-state index in [1.54, 1.807) is 0 Å². The second kappa shape index (κ2) is 3.90. The fraction of sp³-hybridized carbons (Fsp3) is 0.500. The van der Waals surface area contributed by atoms with Gasteiger partial charge >= 0.3 is 0 Å². The highest BCUT2D eigenvalue weighted by atomic mass is 32.2. The quantitative estimate of drug-likeness (QED) is 0.334. The smallest absolute Gasteiger partial charge is 0.239 e. The van der Waals surface area contributed by atoms with E-state index in [0.29, 0.717) is 0 Å². The number of primary amides is 1. The average molecular weight is 194 g/mol. The Labute approximate surface area is 69.9 Å². The van der Waals surface area contributed by atoms with Gasteiger partial charge in [0, 0.05) is 0 Å². The van der Waals surface area contributed by atoms with E-state index in [1.807, 2.05) is 4.72 Å². The number of nitrogens with zero attached hydrogens (tertiary/aromatic N) is 1. The third-order valence-corrected chi connectivity index (χ3v) is 1.28. The highest BCUT2D eigenvalue weighted by Gasteiger charge is 2.01. The number of rotatable bonds is 3. The molecule has 70 valence electrons. The Morgan fingerprint density at radius 2 is 2.00 bits per heavy atom. The predicted molar refractivity (Wildman–Crippen MR) is 43.7 cm³/mol. The van der Waals surface area contributed by atoms with Crippen molar-refractivity contribution in [3.05, 3.63) is 0 Å². The van der Waals surface area contributed by atoms with Gasteiger partial charge in [-0.2, -0.15) is 0 Å². The molecule has 0 aromatic heterocycles. The lowest BCUT2D eigenvalue weighted by Crippen LogP contribution is -2.36. The molecule has 0 radical (unpaired) electrons. The average Bonchev–Trinajstić information content (AvgIpc) is 1.79. The summed E-state index contributed by atoms with van der Waals surface area (Å²) in [6.07, 6.45) is 0.916. The molecule has 0 rings (SSSR count). The molecule has 1 amide bonds. The lowest BCUT2D eigenvalue weighted by atomic mass is 10.6. The Bertz CT molecular complexity index is 293. The van der Waals surface area contributed by atoms with Gasteiger partial charge in [-0.25, -0.2) is 13.4 Å². The van der Waals surface area contributed by atoms with Crippen LogP contribution < -0.4 is 16.2 Å². The zero-order valence-corrected chi connectivity index (χ0v) is 7.26. The Kier molecular flexibility index (Phi) is 3.48. The zero-order valence-electron chi connectivity index (χ0n) is 6.44. The highest BCUT2D eigenvalue weighted by Crippen LogP contribution is 1.73. The van der Waals surface area contributed by atoms with Crippen molar-refractivity contribution < 1.29 is 13.2 Å². The number of nitrogens with one attached hydrogen (secondary N) is 1. The van der Waals surface area contributed by atoms with Gasteiger partial charge < -0.3 is 11.5 Å². The number of sulfonamides is 1. The molecule has 0 aliphatic rings.